The number of ether oxygens (including phenoxy) is 3. The minimum absolute atomic E-state index is 0.0357. The van der Waals surface area contributed by atoms with Gasteiger partial charge in [0.15, 0.2) is 0 Å². The van der Waals surface area contributed by atoms with E-state index in [9.17, 15) is 14.7 Å². The maximum absolute atomic E-state index is 13.8. The number of hydrogen-bond donors (Lipinski definition) is 1. The van der Waals surface area contributed by atoms with E-state index in [0.717, 1.165) is 18.4 Å². The fraction of sp³-hybridized carbons (Fsp3) is 0.429. The molecule has 0 bridgehead atoms. The van der Waals surface area contributed by atoms with Crippen molar-refractivity contribution in [2.75, 3.05) is 20.3 Å². The molecule has 0 saturated carbocycles. The summed E-state index contributed by atoms with van der Waals surface area (Å²) in [4.78, 5) is 31.5. The van der Waals surface area contributed by atoms with Gasteiger partial charge in [-0.15, -0.1) is 11.3 Å². The zero-order valence-corrected chi connectivity index (χ0v) is 23.1. The Hall–Kier alpha value is -3.54. The number of carbonyl (C=O) groups is 1. The summed E-state index contributed by atoms with van der Waals surface area (Å²) in [6.07, 6.45) is 4.00. The molecule has 5 rings (SSSR count). The molecular formula is C28H31N3O7S. The van der Waals surface area contributed by atoms with Crippen LogP contribution in [-0.2, 0) is 26.2 Å². The van der Waals surface area contributed by atoms with E-state index in [0.29, 0.717) is 45.5 Å². The van der Waals surface area contributed by atoms with Gasteiger partial charge in [0.05, 0.1) is 36.2 Å². The maximum atomic E-state index is 13.8. The van der Waals surface area contributed by atoms with Crippen LogP contribution in [0.1, 0.15) is 49.6 Å². The Morgan fingerprint density at radius 2 is 2.03 bits per heavy atom. The number of fused-ring (bicyclic) bond motifs is 1. The molecule has 0 spiro atoms. The van der Waals surface area contributed by atoms with Crippen LogP contribution in [0, 0.1) is 6.92 Å². The van der Waals surface area contributed by atoms with Crippen molar-refractivity contribution in [2.24, 2.45) is 0 Å². The summed E-state index contributed by atoms with van der Waals surface area (Å²) in [7, 11) is 1.61. The normalized spacial score (nSPS) is 15.5. The standard InChI is InChI=1S/C28H31N3O7S/c1-16-21-22(32)24(28(2,3)27(33)34)30-31(26(21)39-23(16)25-29-11-14-37-25)15-20(38-17-9-12-36-13-10-17)18-7-5-6-8-19(18)35-4/h5-8,11,14,17,20H,9-10,12-13,15H2,1-4H3,(H,33,34)/t20-/m0/s1. The third-order valence-electron chi connectivity index (χ3n) is 7.13. The summed E-state index contributed by atoms with van der Waals surface area (Å²) >= 11 is 1.33. The van der Waals surface area contributed by atoms with Crippen LogP contribution in [0.25, 0.3) is 21.0 Å². The number of para-hydroxylation sites is 1. The van der Waals surface area contributed by atoms with E-state index < -0.39 is 22.9 Å². The van der Waals surface area contributed by atoms with Crippen LogP contribution in [-0.4, -0.2) is 52.3 Å². The second-order valence-electron chi connectivity index (χ2n) is 10.0. The van der Waals surface area contributed by atoms with Crippen molar-refractivity contribution < 1.29 is 28.5 Å². The molecule has 0 aliphatic carbocycles. The quantitative estimate of drug-likeness (QED) is 0.313. The zero-order chi connectivity index (χ0) is 27.7. The minimum atomic E-state index is -1.52. The molecule has 1 saturated heterocycles. The lowest BCUT2D eigenvalue weighted by atomic mass is 9.88. The van der Waals surface area contributed by atoms with Crippen LogP contribution in [0.2, 0.25) is 0 Å². The highest BCUT2D eigenvalue weighted by Gasteiger charge is 2.37. The maximum Gasteiger partial charge on any atom is 0.315 e. The molecule has 1 atom stereocenters. The molecule has 1 fully saturated rings. The molecule has 39 heavy (non-hydrogen) atoms. The predicted octanol–water partition coefficient (Wildman–Crippen LogP) is 4.73. The number of carboxylic acids is 1. The lowest BCUT2D eigenvalue weighted by Gasteiger charge is -2.29. The second-order valence-corrected chi connectivity index (χ2v) is 11.0. The smallest absolute Gasteiger partial charge is 0.315 e. The van der Waals surface area contributed by atoms with Crippen LogP contribution in [0.15, 0.2) is 45.9 Å². The lowest BCUT2D eigenvalue weighted by molar-refractivity contribution is -0.142. The first kappa shape index (κ1) is 27.0. The van der Waals surface area contributed by atoms with E-state index in [-0.39, 0.29) is 18.3 Å². The minimum Gasteiger partial charge on any atom is -0.496 e. The van der Waals surface area contributed by atoms with Crippen LogP contribution < -0.4 is 10.2 Å². The summed E-state index contributed by atoms with van der Waals surface area (Å²) in [6, 6.07) is 7.63. The van der Waals surface area contributed by atoms with E-state index in [4.69, 9.17) is 18.6 Å². The van der Waals surface area contributed by atoms with Gasteiger partial charge in [-0.2, -0.15) is 5.10 Å². The molecule has 1 N–H and O–H groups in total. The van der Waals surface area contributed by atoms with Gasteiger partial charge in [0.25, 0.3) is 0 Å². The number of thiophene rings is 1. The Morgan fingerprint density at radius 3 is 2.69 bits per heavy atom. The summed E-state index contributed by atoms with van der Waals surface area (Å²) < 4.78 is 25.1. The van der Waals surface area contributed by atoms with Crippen molar-refractivity contribution in [3.05, 3.63) is 63.8 Å². The van der Waals surface area contributed by atoms with E-state index in [1.165, 1.54) is 31.4 Å². The average molecular weight is 554 g/mol. The van der Waals surface area contributed by atoms with E-state index >= 15 is 0 Å². The SMILES string of the molecule is COc1ccccc1[C@H](Cn1nc(C(C)(C)C(=O)O)c(=O)c2c(C)c(-c3ncco3)sc21)OC1CCOCC1. The van der Waals surface area contributed by atoms with Crippen LogP contribution >= 0.6 is 11.3 Å². The first-order valence-electron chi connectivity index (χ1n) is 12.8. The van der Waals surface area contributed by atoms with Gasteiger partial charge >= 0.3 is 5.97 Å². The van der Waals surface area contributed by atoms with Gasteiger partial charge in [-0.05, 0) is 45.2 Å². The van der Waals surface area contributed by atoms with Gasteiger partial charge in [0, 0.05) is 18.8 Å². The largest absolute Gasteiger partial charge is 0.496 e. The van der Waals surface area contributed by atoms with E-state index in [1.807, 2.05) is 31.2 Å². The highest BCUT2D eigenvalue weighted by Crippen LogP contribution is 2.38. The summed E-state index contributed by atoms with van der Waals surface area (Å²) in [5.41, 5.74) is -0.487. The van der Waals surface area contributed by atoms with Crippen LogP contribution in [0.5, 0.6) is 5.75 Å². The van der Waals surface area contributed by atoms with Gasteiger partial charge in [-0.25, -0.2) is 4.98 Å². The van der Waals surface area contributed by atoms with Gasteiger partial charge in [0.1, 0.15) is 34.1 Å². The molecule has 4 aromatic rings. The van der Waals surface area contributed by atoms with Crippen LogP contribution in [0.3, 0.4) is 0 Å². The topological polar surface area (TPSA) is 126 Å². The molecule has 206 valence electrons. The highest BCUT2D eigenvalue weighted by atomic mass is 32.1. The third kappa shape index (κ3) is 5.09. The molecule has 0 radical (unpaired) electrons. The number of aromatic nitrogens is 3. The van der Waals surface area contributed by atoms with Crippen molar-refractivity contribution in [1.29, 1.82) is 0 Å². The molecule has 11 heteroatoms. The number of hydrogen-bond acceptors (Lipinski definition) is 9. The fourth-order valence-electron chi connectivity index (χ4n) is 4.80. The van der Waals surface area contributed by atoms with Gasteiger partial charge in [0.2, 0.25) is 11.3 Å². The molecule has 1 aliphatic heterocycles. The number of nitrogens with zero attached hydrogens (tertiary/aromatic N) is 3. The average Bonchev–Trinajstić information content (AvgIpc) is 3.58. The first-order chi connectivity index (χ1) is 18.7. The number of benzene rings is 1. The van der Waals surface area contributed by atoms with Gasteiger partial charge in [-0.3, -0.25) is 14.3 Å². The molecule has 0 unspecified atom stereocenters. The summed E-state index contributed by atoms with van der Waals surface area (Å²) in [5.74, 6) is -0.0854. The molecule has 4 heterocycles. The predicted molar refractivity (Wildman–Crippen MR) is 145 cm³/mol. The number of methoxy groups -OCH3 is 1. The Bertz CT molecular complexity index is 1530. The molecule has 3 aromatic heterocycles. The third-order valence-corrected chi connectivity index (χ3v) is 8.42. The van der Waals surface area contributed by atoms with Crippen molar-refractivity contribution in [3.8, 4) is 16.5 Å². The number of rotatable bonds is 9. The Morgan fingerprint density at radius 1 is 1.28 bits per heavy atom. The summed E-state index contributed by atoms with van der Waals surface area (Å²) in [5, 5.41) is 15.1. The van der Waals surface area contributed by atoms with E-state index in [1.54, 1.807) is 18.0 Å². The number of aliphatic carboxylic acids is 1. The number of aryl methyl sites for hydroxylation is 1. The van der Waals surface area contributed by atoms with Crippen molar-refractivity contribution in [1.82, 2.24) is 14.8 Å². The molecule has 0 amide bonds. The first-order valence-corrected chi connectivity index (χ1v) is 13.6. The zero-order valence-electron chi connectivity index (χ0n) is 22.3. The summed E-state index contributed by atoms with van der Waals surface area (Å²) in [6.45, 7) is 6.25. The molecule has 10 nitrogen and oxygen atoms in total. The Balaban J connectivity index is 1.70. The van der Waals surface area contributed by atoms with Crippen molar-refractivity contribution in [3.63, 3.8) is 0 Å². The van der Waals surface area contributed by atoms with Crippen molar-refractivity contribution >= 4 is 27.5 Å². The number of oxazole rings is 1. The second kappa shape index (κ2) is 10.9. The Labute approximate surface area is 229 Å². The highest BCUT2D eigenvalue weighted by molar-refractivity contribution is 7.22. The molecule has 1 aromatic carbocycles. The Kier molecular flexibility index (Phi) is 7.57. The van der Waals surface area contributed by atoms with Crippen LogP contribution in [0.4, 0.5) is 0 Å². The van der Waals surface area contributed by atoms with Crippen molar-refractivity contribution in [2.45, 2.75) is 57.8 Å². The fourth-order valence-corrected chi connectivity index (χ4v) is 6.00. The van der Waals surface area contributed by atoms with Gasteiger partial charge < -0.3 is 23.7 Å². The van der Waals surface area contributed by atoms with Gasteiger partial charge in [-0.1, -0.05) is 18.2 Å². The molecular weight excluding hydrogens is 522 g/mol. The monoisotopic (exact) mass is 553 g/mol. The number of carboxylic acid groups (broad SMARTS) is 1. The van der Waals surface area contributed by atoms with E-state index in [2.05, 4.69) is 10.1 Å². The molecule has 1 aliphatic rings. The lowest BCUT2D eigenvalue weighted by Crippen LogP contribution is -2.37.